The van der Waals surface area contributed by atoms with Gasteiger partial charge in [-0.3, -0.25) is 4.90 Å². The number of nitrogens with zero attached hydrogens (tertiary/aromatic N) is 3. The zero-order valence-corrected chi connectivity index (χ0v) is 16.4. The van der Waals surface area contributed by atoms with Crippen molar-refractivity contribution < 1.29 is 0 Å². The van der Waals surface area contributed by atoms with Crippen LogP contribution in [0.1, 0.15) is 41.1 Å². The van der Waals surface area contributed by atoms with Crippen molar-refractivity contribution in [3.63, 3.8) is 0 Å². The van der Waals surface area contributed by atoms with Crippen molar-refractivity contribution in [2.24, 2.45) is 7.05 Å². The van der Waals surface area contributed by atoms with Crippen LogP contribution in [0.3, 0.4) is 0 Å². The van der Waals surface area contributed by atoms with Crippen LogP contribution in [-0.4, -0.2) is 36.1 Å². The normalized spacial score (nSPS) is 21.3. The van der Waals surface area contributed by atoms with E-state index in [9.17, 15) is 0 Å². The van der Waals surface area contributed by atoms with Gasteiger partial charge in [0.05, 0.1) is 0 Å². The highest BCUT2D eigenvalue weighted by Gasteiger charge is 2.33. The summed E-state index contributed by atoms with van der Waals surface area (Å²) in [4.78, 5) is 5.05. The highest BCUT2D eigenvalue weighted by Crippen LogP contribution is 2.41. The zero-order chi connectivity index (χ0) is 16.8. The van der Waals surface area contributed by atoms with Crippen LogP contribution in [0.4, 0.5) is 5.82 Å². The van der Waals surface area contributed by atoms with Gasteiger partial charge in [-0.1, -0.05) is 28.1 Å². The van der Waals surface area contributed by atoms with Crippen molar-refractivity contribution in [1.82, 2.24) is 9.47 Å². The van der Waals surface area contributed by atoms with Gasteiger partial charge in [-0.25, -0.2) is 0 Å². The summed E-state index contributed by atoms with van der Waals surface area (Å²) in [6, 6.07) is 8.89. The highest BCUT2D eigenvalue weighted by atomic mass is 79.9. The lowest BCUT2D eigenvalue weighted by Crippen LogP contribution is -2.31. The van der Waals surface area contributed by atoms with Gasteiger partial charge in [-0.15, -0.1) is 0 Å². The maximum absolute atomic E-state index is 3.57. The molecule has 0 bridgehead atoms. The van der Waals surface area contributed by atoms with E-state index in [4.69, 9.17) is 0 Å². The van der Waals surface area contributed by atoms with Crippen LogP contribution in [0.15, 0.2) is 28.7 Å². The molecule has 0 aliphatic carbocycles. The Morgan fingerprint density at radius 2 is 1.71 bits per heavy atom. The molecule has 0 saturated carbocycles. The Balaban J connectivity index is 1.83. The first kappa shape index (κ1) is 16.2. The number of rotatable bonds is 2. The summed E-state index contributed by atoms with van der Waals surface area (Å²) in [5.41, 5.74) is 5.99. The van der Waals surface area contributed by atoms with Crippen molar-refractivity contribution >= 4 is 21.7 Å². The SMILES string of the molecule is Cc1c2c(n(C)c1N1CCCC1)CN(C)CC2c1ccc(Br)cc1. The topological polar surface area (TPSA) is 11.4 Å². The lowest BCUT2D eigenvalue weighted by Gasteiger charge is -2.31. The predicted octanol–water partition coefficient (Wildman–Crippen LogP) is 4.27. The molecule has 4 rings (SSSR count). The molecule has 1 unspecified atom stereocenters. The van der Waals surface area contributed by atoms with Crippen molar-refractivity contribution in [2.75, 3.05) is 31.6 Å². The number of aromatic nitrogens is 1. The first-order valence-electron chi connectivity index (χ1n) is 8.93. The Labute approximate surface area is 153 Å². The van der Waals surface area contributed by atoms with E-state index >= 15 is 0 Å². The molecular weight excluding hydrogens is 362 g/mol. The summed E-state index contributed by atoms with van der Waals surface area (Å²) >= 11 is 3.57. The third kappa shape index (κ3) is 2.60. The molecule has 1 saturated heterocycles. The molecule has 1 fully saturated rings. The molecule has 2 aromatic rings. The molecular formula is C20H26BrN3. The maximum Gasteiger partial charge on any atom is 0.111 e. The summed E-state index contributed by atoms with van der Waals surface area (Å²) in [5.74, 6) is 1.92. The number of likely N-dealkylation sites (N-methyl/N-ethyl adjacent to an activating group) is 1. The standard InChI is InChI=1S/C20H26BrN3/c1-14-19-17(15-6-8-16(21)9-7-15)12-22(2)13-18(19)23(3)20(14)24-10-4-5-11-24/h6-9,17H,4-5,10-13H2,1-3H3. The fraction of sp³-hybridized carbons (Fsp3) is 0.500. The minimum Gasteiger partial charge on any atom is -0.358 e. The fourth-order valence-electron chi connectivity index (χ4n) is 4.62. The minimum atomic E-state index is 0.467. The van der Waals surface area contributed by atoms with Crippen LogP contribution in [0.2, 0.25) is 0 Å². The highest BCUT2D eigenvalue weighted by molar-refractivity contribution is 9.10. The molecule has 0 spiro atoms. The Kier molecular flexibility index (Phi) is 4.21. The summed E-state index contributed by atoms with van der Waals surface area (Å²) in [5, 5.41) is 0. The smallest absolute Gasteiger partial charge is 0.111 e. The van der Waals surface area contributed by atoms with Crippen molar-refractivity contribution in [2.45, 2.75) is 32.2 Å². The summed E-state index contributed by atoms with van der Waals surface area (Å²) in [6.45, 7) is 6.89. The molecule has 0 radical (unpaired) electrons. The number of hydrogen-bond donors (Lipinski definition) is 0. The largest absolute Gasteiger partial charge is 0.358 e. The van der Waals surface area contributed by atoms with E-state index in [0.29, 0.717) is 5.92 Å². The predicted molar refractivity (Wildman–Crippen MR) is 104 cm³/mol. The monoisotopic (exact) mass is 387 g/mol. The van der Waals surface area contributed by atoms with Gasteiger partial charge in [0.1, 0.15) is 5.82 Å². The van der Waals surface area contributed by atoms with E-state index in [1.54, 1.807) is 5.56 Å². The van der Waals surface area contributed by atoms with Gasteiger partial charge in [0, 0.05) is 49.3 Å². The molecule has 3 nitrogen and oxygen atoms in total. The molecule has 1 atom stereocenters. The Bertz CT molecular complexity index is 741. The summed E-state index contributed by atoms with van der Waals surface area (Å²) < 4.78 is 3.62. The van der Waals surface area contributed by atoms with Gasteiger partial charge in [-0.05, 0) is 55.6 Å². The van der Waals surface area contributed by atoms with Gasteiger partial charge >= 0.3 is 0 Å². The number of halogens is 1. The molecule has 128 valence electrons. The van der Waals surface area contributed by atoms with Crippen LogP contribution in [-0.2, 0) is 13.6 Å². The number of anilines is 1. The van der Waals surface area contributed by atoms with Gasteiger partial charge in [0.25, 0.3) is 0 Å². The van der Waals surface area contributed by atoms with E-state index < -0.39 is 0 Å². The fourth-order valence-corrected chi connectivity index (χ4v) is 4.88. The molecule has 0 amide bonds. The van der Waals surface area contributed by atoms with E-state index in [1.807, 2.05) is 0 Å². The van der Waals surface area contributed by atoms with E-state index in [-0.39, 0.29) is 0 Å². The second-order valence-electron chi connectivity index (χ2n) is 7.36. The van der Waals surface area contributed by atoms with E-state index in [2.05, 4.69) is 75.6 Å². The first-order chi connectivity index (χ1) is 11.6. The van der Waals surface area contributed by atoms with E-state index in [1.165, 1.54) is 48.6 Å². The number of hydrogen-bond acceptors (Lipinski definition) is 2. The average molecular weight is 388 g/mol. The van der Waals surface area contributed by atoms with Gasteiger partial charge in [-0.2, -0.15) is 0 Å². The van der Waals surface area contributed by atoms with Gasteiger partial charge in [0.2, 0.25) is 0 Å². The molecule has 4 heteroatoms. The molecule has 3 heterocycles. The minimum absolute atomic E-state index is 0.467. The van der Waals surface area contributed by atoms with E-state index in [0.717, 1.165) is 17.6 Å². The second-order valence-corrected chi connectivity index (χ2v) is 8.28. The third-order valence-electron chi connectivity index (χ3n) is 5.71. The van der Waals surface area contributed by atoms with Crippen molar-refractivity contribution in [3.8, 4) is 0 Å². The van der Waals surface area contributed by atoms with Crippen LogP contribution < -0.4 is 4.90 Å². The quantitative estimate of drug-likeness (QED) is 0.761. The average Bonchev–Trinajstić information content (AvgIpc) is 3.15. The zero-order valence-electron chi connectivity index (χ0n) is 14.8. The van der Waals surface area contributed by atoms with Crippen LogP contribution in [0, 0.1) is 6.92 Å². The molecule has 24 heavy (non-hydrogen) atoms. The second kappa shape index (κ2) is 6.23. The lowest BCUT2D eigenvalue weighted by atomic mass is 9.86. The molecule has 2 aliphatic rings. The lowest BCUT2D eigenvalue weighted by molar-refractivity contribution is 0.287. The van der Waals surface area contributed by atoms with Crippen molar-refractivity contribution in [3.05, 3.63) is 51.1 Å². The Morgan fingerprint density at radius 3 is 2.38 bits per heavy atom. The number of benzene rings is 1. The summed E-state index contributed by atoms with van der Waals surface area (Å²) in [6.07, 6.45) is 2.65. The van der Waals surface area contributed by atoms with Crippen LogP contribution in [0.5, 0.6) is 0 Å². The Hall–Kier alpha value is -1.26. The van der Waals surface area contributed by atoms with Gasteiger partial charge in [0.15, 0.2) is 0 Å². The maximum atomic E-state index is 3.57. The third-order valence-corrected chi connectivity index (χ3v) is 6.24. The number of fused-ring (bicyclic) bond motifs is 1. The summed E-state index contributed by atoms with van der Waals surface area (Å²) in [7, 11) is 4.50. The van der Waals surface area contributed by atoms with Gasteiger partial charge < -0.3 is 9.47 Å². The molecule has 0 N–H and O–H groups in total. The molecule has 1 aromatic heterocycles. The molecule has 2 aliphatic heterocycles. The first-order valence-corrected chi connectivity index (χ1v) is 9.72. The van der Waals surface area contributed by atoms with Crippen molar-refractivity contribution in [1.29, 1.82) is 0 Å². The van der Waals surface area contributed by atoms with Crippen LogP contribution in [0.25, 0.3) is 0 Å². The van der Waals surface area contributed by atoms with Crippen LogP contribution >= 0.6 is 15.9 Å². The Morgan fingerprint density at radius 1 is 1.04 bits per heavy atom. The molecule has 1 aromatic carbocycles.